The van der Waals surface area contributed by atoms with Crippen LogP contribution in [-0.2, 0) is 0 Å². The lowest BCUT2D eigenvalue weighted by atomic mass is 10.3. The third-order valence-electron chi connectivity index (χ3n) is 2.07. The number of halogens is 1. The Hall–Kier alpha value is -1.82. The quantitative estimate of drug-likeness (QED) is 0.834. The van der Waals surface area contributed by atoms with Crippen molar-refractivity contribution in [3.8, 4) is 0 Å². The van der Waals surface area contributed by atoms with E-state index in [2.05, 4.69) is 15.3 Å². The van der Waals surface area contributed by atoms with Gasteiger partial charge in [0.2, 0.25) is 5.95 Å². The number of carbonyl (C=O) groups is 1. The Morgan fingerprint density at radius 2 is 2.12 bits per heavy atom. The van der Waals surface area contributed by atoms with Gasteiger partial charge in [0.25, 0.3) is 5.91 Å². The molecule has 2 rings (SSSR count). The van der Waals surface area contributed by atoms with Crippen molar-refractivity contribution >= 4 is 23.1 Å². The predicted molar refractivity (Wildman–Crippen MR) is 63.7 cm³/mol. The number of nitrogens with zero attached hydrogens (tertiary/aromatic N) is 2. The molecular formula is C11H10FN3OS. The van der Waals surface area contributed by atoms with E-state index < -0.39 is 5.95 Å². The van der Waals surface area contributed by atoms with Gasteiger partial charge in [0.1, 0.15) is 10.7 Å². The number of nitrogens with one attached hydrogen (secondary N) is 1. The highest BCUT2D eigenvalue weighted by Crippen LogP contribution is 2.18. The van der Waals surface area contributed by atoms with Gasteiger partial charge in [-0.3, -0.25) is 4.79 Å². The number of thiazole rings is 1. The number of rotatable bonds is 2. The number of anilines is 1. The summed E-state index contributed by atoms with van der Waals surface area (Å²) in [5, 5.41) is 3.35. The molecule has 0 aliphatic heterocycles. The van der Waals surface area contributed by atoms with Gasteiger partial charge >= 0.3 is 0 Å². The Morgan fingerprint density at radius 3 is 2.71 bits per heavy atom. The second kappa shape index (κ2) is 4.58. The summed E-state index contributed by atoms with van der Waals surface area (Å²) in [6.07, 6.45) is 0. The third-order valence-corrected chi connectivity index (χ3v) is 3.14. The number of hydrogen-bond acceptors (Lipinski definition) is 4. The fraction of sp³-hybridized carbons (Fsp3) is 0.182. The van der Waals surface area contributed by atoms with E-state index in [-0.39, 0.29) is 11.7 Å². The molecule has 0 fully saturated rings. The molecule has 0 saturated carbocycles. The molecule has 6 heteroatoms. The van der Waals surface area contributed by atoms with Crippen LogP contribution in [0.4, 0.5) is 10.2 Å². The van der Waals surface area contributed by atoms with Crippen molar-refractivity contribution in [3.63, 3.8) is 0 Å². The van der Waals surface area contributed by atoms with Crippen molar-refractivity contribution in [2.24, 2.45) is 0 Å². The number of hydrogen-bond donors (Lipinski definition) is 1. The Bertz CT molecular complexity index is 568. The zero-order chi connectivity index (χ0) is 12.4. The van der Waals surface area contributed by atoms with Crippen LogP contribution in [0.15, 0.2) is 18.2 Å². The number of amides is 1. The van der Waals surface area contributed by atoms with Crippen LogP contribution >= 0.6 is 11.3 Å². The first-order valence-electron chi connectivity index (χ1n) is 4.94. The number of aromatic nitrogens is 2. The molecule has 2 aromatic heterocycles. The average Bonchev–Trinajstić information content (AvgIpc) is 2.58. The van der Waals surface area contributed by atoms with Crippen LogP contribution in [0.1, 0.15) is 20.4 Å². The molecule has 0 saturated heterocycles. The van der Waals surface area contributed by atoms with Crippen molar-refractivity contribution in [1.82, 2.24) is 9.97 Å². The minimum Gasteiger partial charge on any atom is -0.306 e. The minimum absolute atomic E-state index is 0.195. The van der Waals surface area contributed by atoms with Gasteiger partial charge in [0.15, 0.2) is 0 Å². The van der Waals surface area contributed by atoms with Crippen LogP contribution in [0.5, 0.6) is 0 Å². The monoisotopic (exact) mass is 251 g/mol. The van der Waals surface area contributed by atoms with E-state index in [1.807, 2.05) is 6.92 Å². The summed E-state index contributed by atoms with van der Waals surface area (Å²) < 4.78 is 12.8. The van der Waals surface area contributed by atoms with Crippen molar-refractivity contribution in [1.29, 1.82) is 0 Å². The van der Waals surface area contributed by atoms with Gasteiger partial charge < -0.3 is 5.32 Å². The maximum atomic E-state index is 12.8. The predicted octanol–water partition coefficient (Wildman–Crippen LogP) is 2.55. The summed E-state index contributed by atoms with van der Waals surface area (Å²) in [5.74, 6) is -0.744. The Kier molecular flexibility index (Phi) is 3.14. The van der Waals surface area contributed by atoms with E-state index >= 15 is 0 Å². The molecule has 0 bridgehead atoms. The summed E-state index contributed by atoms with van der Waals surface area (Å²) in [4.78, 5) is 20.1. The molecule has 0 radical (unpaired) electrons. The smallest absolute Gasteiger partial charge is 0.268 e. The lowest BCUT2D eigenvalue weighted by Gasteiger charge is -2.02. The van der Waals surface area contributed by atoms with E-state index in [4.69, 9.17) is 0 Å². The standard InChI is InChI=1S/C11H10FN3OS/c1-6-10(17-7(2)13-6)11(16)15-9-5-3-4-8(12)14-9/h3-5H,1-2H3,(H,14,15,16). The van der Waals surface area contributed by atoms with Crippen molar-refractivity contribution in [2.75, 3.05) is 5.32 Å². The second-order valence-electron chi connectivity index (χ2n) is 3.45. The van der Waals surface area contributed by atoms with Crippen molar-refractivity contribution in [2.45, 2.75) is 13.8 Å². The topological polar surface area (TPSA) is 54.9 Å². The zero-order valence-corrected chi connectivity index (χ0v) is 10.1. The number of aryl methyl sites for hydroxylation is 2. The highest BCUT2D eigenvalue weighted by atomic mass is 32.1. The molecule has 0 aromatic carbocycles. The summed E-state index contributed by atoms with van der Waals surface area (Å²) in [7, 11) is 0. The van der Waals surface area contributed by atoms with Crippen LogP contribution in [-0.4, -0.2) is 15.9 Å². The lowest BCUT2D eigenvalue weighted by Crippen LogP contribution is -2.12. The molecule has 88 valence electrons. The fourth-order valence-corrected chi connectivity index (χ4v) is 2.21. The molecule has 17 heavy (non-hydrogen) atoms. The summed E-state index contributed by atoms with van der Waals surface area (Å²) in [6.45, 7) is 3.59. The second-order valence-corrected chi connectivity index (χ2v) is 4.65. The SMILES string of the molecule is Cc1nc(C)c(C(=O)Nc2cccc(F)n2)s1. The van der Waals surface area contributed by atoms with Crippen molar-refractivity contribution < 1.29 is 9.18 Å². The van der Waals surface area contributed by atoms with E-state index in [9.17, 15) is 9.18 Å². The number of carbonyl (C=O) groups excluding carboxylic acids is 1. The summed E-state index contributed by atoms with van der Waals surface area (Å²) in [5.41, 5.74) is 0.668. The van der Waals surface area contributed by atoms with E-state index in [0.717, 1.165) is 5.01 Å². The maximum absolute atomic E-state index is 12.8. The minimum atomic E-state index is -0.625. The third kappa shape index (κ3) is 2.65. The van der Waals surface area contributed by atoms with E-state index in [1.54, 1.807) is 6.92 Å². The molecule has 0 aliphatic carbocycles. The van der Waals surface area contributed by atoms with Gasteiger partial charge in [-0.05, 0) is 26.0 Å². The molecule has 1 amide bonds. The van der Waals surface area contributed by atoms with E-state index in [0.29, 0.717) is 10.6 Å². The average molecular weight is 251 g/mol. The molecule has 4 nitrogen and oxygen atoms in total. The molecule has 2 heterocycles. The molecular weight excluding hydrogens is 241 g/mol. The van der Waals surface area contributed by atoms with Crippen LogP contribution in [0.2, 0.25) is 0 Å². The highest BCUT2D eigenvalue weighted by molar-refractivity contribution is 7.13. The van der Waals surface area contributed by atoms with Gasteiger partial charge in [-0.2, -0.15) is 4.39 Å². The Balaban J connectivity index is 2.20. The molecule has 0 aliphatic rings. The Morgan fingerprint density at radius 1 is 1.35 bits per heavy atom. The fourth-order valence-electron chi connectivity index (χ4n) is 1.39. The molecule has 0 unspecified atom stereocenters. The molecule has 0 spiro atoms. The summed E-state index contributed by atoms with van der Waals surface area (Å²) in [6, 6.07) is 4.24. The van der Waals surface area contributed by atoms with Crippen LogP contribution in [0.3, 0.4) is 0 Å². The first-order valence-corrected chi connectivity index (χ1v) is 5.76. The van der Waals surface area contributed by atoms with Crippen LogP contribution in [0.25, 0.3) is 0 Å². The zero-order valence-electron chi connectivity index (χ0n) is 9.32. The Labute approximate surface area is 102 Å². The van der Waals surface area contributed by atoms with E-state index in [1.165, 1.54) is 29.5 Å². The first-order chi connectivity index (χ1) is 8.06. The van der Waals surface area contributed by atoms with Crippen molar-refractivity contribution in [3.05, 3.63) is 39.7 Å². The summed E-state index contributed by atoms with van der Waals surface area (Å²) >= 11 is 1.30. The lowest BCUT2D eigenvalue weighted by molar-refractivity contribution is 0.102. The van der Waals surface area contributed by atoms with Crippen LogP contribution < -0.4 is 5.32 Å². The molecule has 0 atom stereocenters. The van der Waals surface area contributed by atoms with Gasteiger partial charge in [-0.15, -0.1) is 11.3 Å². The molecule has 1 N–H and O–H groups in total. The normalized spacial score (nSPS) is 10.3. The largest absolute Gasteiger partial charge is 0.306 e. The molecule has 2 aromatic rings. The first kappa shape index (κ1) is 11.7. The van der Waals surface area contributed by atoms with Crippen LogP contribution in [0, 0.1) is 19.8 Å². The van der Waals surface area contributed by atoms with Gasteiger partial charge in [-0.25, -0.2) is 9.97 Å². The number of pyridine rings is 1. The van der Waals surface area contributed by atoms with Gasteiger partial charge in [-0.1, -0.05) is 6.07 Å². The highest BCUT2D eigenvalue weighted by Gasteiger charge is 2.14. The maximum Gasteiger partial charge on any atom is 0.268 e. The van der Waals surface area contributed by atoms with Gasteiger partial charge in [0, 0.05) is 0 Å². The van der Waals surface area contributed by atoms with Gasteiger partial charge in [0.05, 0.1) is 10.7 Å².